The second-order valence-electron chi connectivity index (χ2n) is 4.74. The number of nitrogens with zero attached hydrogens (tertiary/aromatic N) is 3. The van der Waals surface area contributed by atoms with Gasteiger partial charge in [-0.15, -0.1) is 0 Å². The van der Waals surface area contributed by atoms with Crippen molar-refractivity contribution >= 4 is 22.0 Å². The van der Waals surface area contributed by atoms with Gasteiger partial charge >= 0.3 is 6.03 Å². The summed E-state index contributed by atoms with van der Waals surface area (Å²) >= 11 is 3.34. The summed E-state index contributed by atoms with van der Waals surface area (Å²) in [6.07, 6.45) is 2.59. The second-order valence-corrected chi connectivity index (χ2v) is 5.66. The molecule has 1 aliphatic rings. The van der Waals surface area contributed by atoms with Crippen molar-refractivity contribution in [3.8, 4) is 5.88 Å². The number of carbonyl (C=O) groups is 1. The van der Waals surface area contributed by atoms with Crippen LogP contribution in [0, 0.1) is 0 Å². The lowest BCUT2D eigenvalue weighted by Crippen LogP contribution is -2.42. The lowest BCUT2D eigenvalue weighted by molar-refractivity contribution is 0.155. The molecule has 1 aliphatic heterocycles. The number of amides is 2. The summed E-state index contributed by atoms with van der Waals surface area (Å²) in [7, 11) is 0. The molecule has 1 atom stereocenters. The molecule has 110 valence electrons. The summed E-state index contributed by atoms with van der Waals surface area (Å²) in [4.78, 5) is 20.1. The molecule has 0 aliphatic carbocycles. The number of urea groups is 1. The summed E-state index contributed by atoms with van der Waals surface area (Å²) in [6.45, 7) is 6.86. The maximum absolute atomic E-state index is 12.2. The van der Waals surface area contributed by atoms with Crippen molar-refractivity contribution in [2.75, 3.05) is 26.2 Å². The van der Waals surface area contributed by atoms with Gasteiger partial charge in [-0.25, -0.2) is 9.78 Å². The first-order valence-corrected chi connectivity index (χ1v) is 7.75. The molecule has 0 aromatic carbocycles. The van der Waals surface area contributed by atoms with Crippen LogP contribution in [0.3, 0.4) is 0 Å². The van der Waals surface area contributed by atoms with E-state index in [0.717, 1.165) is 30.5 Å². The van der Waals surface area contributed by atoms with Gasteiger partial charge in [0.2, 0.25) is 5.88 Å². The van der Waals surface area contributed by atoms with E-state index in [9.17, 15) is 4.79 Å². The number of halogens is 1. The summed E-state index contributed by atoms with van der Waals surface area (Å²) in [5, 5.41) is 0. The van der Waals surface area contributed by atoms with E-state index < -0.39 is 0 Å². The number of carbonyl (C=O) groups excluding carboxylic acids is 1. The number of rotatable bonds is 4. The molecule has 0 radical (unpaired) electrons. The smallest absolute Gasteiger partial charge is 0.320 e. The minimum absolute atomic E-state index is 0.0307. The van der Waals surface area contributed by atoms with Crippen molar-refractivity contribution < 1.29 is 9.53 Å². The van der Waals surface area contributed by atoms with Gasteiger partial charge in [-0.3, -0.25) is 0 Å². The van der Waals surface area contributed by atoms with Gasteiger partial charge in [0.25, 0.3) is 0 Å². The Morgan fingerprint density at radius 1 is 1.50 bits per heavy atom. The Balaban J connectivity index is 1.89. The molecular formula is C14H20BrN3O2. The van der Waals surface area contributed by atoms with Crippen molar-refractivity contribution in [3.63, 3.8) is 0 Å². The average Bonchev–Trinajstić information content (AvgIpc) is 2.91. The highest BCUT2D eigenvalue weighted by Gasteiger charge is 2.29. The zero-order valence-corrected chi connectivity index (χ0v) is 13.5. The van der Waals surface area contributed by atoms with Gasteiger partial charge in [-0.2, -0.15) is 0 Å². The number of hydrogen-bond donors (Lipinski definition) is 0. The lowest BCUT2D eigenvalue weighted by Gasteiger charge is -2.25. The summed E-state index contributed by atoms with van der Waals surface area (Å²) in [6, 6.07) is 3.83. The summed E-state index contributed by atoms with van der Waals surface area (Å²) in [5.41, 5.74) is 0. The molecule has 1 fully saturated rings. The molecule has 1 saturated heterocycles. The molecule has 1 unspecified atom stereocenters. The Bertz CT molecular complexity index is 448. The third kappa shape index (κ3) is 3.62. The number of hydrogen-bond acceptors (Lipinski definition) is 3. The number of aromatic nitrogens is 1. The van der Waals surface area contributed by atoms with E-state index in [0.29, 0.717) is 12.4 Å². The molecule has 0 spiro atoms. The van der Waals surface area contributed by atoms with E-state index in [1.807, 2.05) is 35.8 Å². The molecule has 1 aromatic rings. The molecule has 2 amide bonds. The van der Waals surface area contributed by atoms with E-state index >= 15 is 0 Å². The Morgan fingerprint density at radius 2 is 2.25 bits per heavy atom. The van der Waals surface area contributed by atoms with Crippen LogP contribution < -0.4 is 4.74 Å². The molecule has 2 rings (SSSR count). The topological polar surface area (TPSA) is 45.7 Å². The molecule has 6 heteroatoms. The highest BCUT2D eigenvalue weighted by atomic mass is 79.9. The van der Waals surface area contributed by atoms with Gasteiger partial charge in [-0.05, 0) is 35.8 Å². The number of pyridine rings is 1. The molecule has 1 aromatic heterocycles. The van der Waals surface area contributed by atoms with Crippen molar-refractivity contribution in [3.05, 3.63) is 22.8 Å². The van der Waals surface area contributed by atoms with Crippen LogP contribution in [0.2, 0.25) is 0 Å². The monoisotopic (exact) mass is 341 g/mol. The van der Waals surface area contributed by atoms with Crippen LogP contribution in [-0.2, 0) is 0 Å². The Labute approximate surface area is 128 Å². The first-order valence-electron chi connectivity index (χ1n) is 6.96. The normalized spacial score (nSPS) is 18.1. The molecule has 2 heterocycles. The molecule has 0 saturated carbocycles. The zero-order chi connectivity index (χ0) is 14.5. The van der Waals surface area contributed by atoms with Crippen LogP contribution in [-0.4, -0.2) is 53.1 Å². The van der Waals surface area contributed by atoms with Crippen molar-refractivity contribution in [1.29, 1.82) is 0 Å². The van der Waals surface area contributed by atoms with Gasteiger partial charge in [0.05, 0.1) is 6.54 Å². The molecule has 0 bridgehead atoms. The summed E-state index contributed by atoms with van der Waals surface area (Å²) in [5.74, 6) is 0.607. The van der Waals surface area contributed by atoms with Gasteiger partial charge in [0, 0.05) is 42.8 Å². The van der Waals surface area contributed by atoms with Crippen LogP contribution >= 0.6 is 15.9 Å². The summed E-state index contributed by atoms with van der Waals surface area (Å²) < 4.78 is 6.74. The van der Waals surface area contributed by atoms with Gasteiger partial charge < -0.3 is 14.5 Å². The standard InChI is InChI=1S/C14H20BrN3O2/c1-3-17(4-2)14(19)18-8-7-12(10-18)20-13-6-5-11(15)9-16-13/h5-6,9,12H,3-4,7-8,10H2,1-2H3. The predicted molar refractivity (Wildman–Crippen MR) is 80.9 cm³/mol. The van der Waals surface area contributed by atoms with Gasteiger partial charge in [0.1, 0.15) is 6.10 Å². The fourth-order valence-corrected chi connectivity index (χ4v) is 2.53. The third-order valence-electron chi connectivity index (χ3n) is 3.44. The van der Waals surface area contributed by atoms with E-state index in [4.69, 9.17) is 4.74 Å². The average molecular weight is 342 g/mol. The van der Waals surface area contributed by atoms with Crippen LogP contribution in [0.1, 0.15) is 20.3 Å². The SMILES string of the molecule is CCN(CC)C(=O)N1CCC(Oc2ccc(Br)cn2)C1. The van der Waals surface area contributed by atoms with Crippen LogP contribution in [0.4, 0.5) is 4.79 Å². The predicted octanol–water partition coefficient (Wildman–Crippen LogP) is 2.76. The first kappa shape index (κ1) is 15.1. The van der Waals surface area contributed by atoms with Gasteiger partial charge in [-0.1, -0.05) is 0 Å². The van der Waals surface area contributed by atoms with Crippen LogP contribution in [0.25, 0.3) is 0 Å². The Kier molecular flexibility index (Phi) is 5.23. The molecule has 0 N–H and O–H groups in total. The number of ether oxygens (including phenoxy) is 1. The third-order valence-corrected chi connectivity index (χ3v) is 3.91. The first-order chi connectivity index (χ1) is 9.63. The van der Waals surface area contributed by atoms with E-state index in [2.05, 4.69) is 20.9 Å². The highest BCUT2D eigenvalue weighted by molar-refractivity contribution is 9.10. The quantitative estimate of drug-likeness (QED) is 0.845. The highest BCUT2D eigenvalue weighted by Crippen LogP contribution is 2.19. The minimum Gasteiger partial charge on any atom is -0.472 e. The molecule has 20 heavy (non-hydrogen) atoms. The van der Waals surface area contributed by atoms with Crippen molar-refractivity contribution in [2.45, 2.75) is 26.4 Å². The molecule has 5 nitrogen and oxygen atoms in total. The second kappa shape index (κ2) is 6.92. The Hall–Kier alpha value is -1.30. The zero-order valence-electron chi connectivity index (χ0n) is 11.9. The van der Waals surface area contributed by atoms with E-state index in [1.54, 1.807) is 6.20 Å². The van der Waals surface area contributed by atoms with Crippen LogP contribution in [0.5, 0.6) is 5.88 Å². The van der Waals surface area contributed by atoms with E-state index in [-0.39, 0.29) is 12.1 Å². The molecular weight excluding hydrogens is 322 g/mol. The Morgan fingerprint density at radius 3 is 2.85 bits per heavy atom. The minimum atomic E-state index is 0.0307. The lowest BCUT2D eigenvalue weighted by atomic mass is 10.3. The van der Waals surface area contributed by atoms with Crippen molar-refractivity contribution in [1.82, 2.24) is 14.8 Å². The fourth-order valence-electron chi connectivity index (χ4n) is 2.29. The fraction of sp³-hybridized carbons (Fsp3) is 0.571. The maximum Gasteiger partial charge on any atom is 0.320 e. The van der Waals surface area contributed by atoms with E-state index in [1.165, 1.54) is 0 Å². The number of likely N-dealkylation sites (tertiary alicyclic amines) is 1. The largest absolute Gasteiger partial charge is 0.472 e. The maximum atomic E-state index is 12.2. The van der Waals surface area contributed by atoms with Gasteiger partial charge in [0.15, 0.2) is 0 Å². The van der Waals surface area contributed by atoms with Crippen molar-refractivity contribution in [2.24, 2.45) is 0 Å². The van der Waals surface area contributed by atoms with Crippen LogP contribution in [0.15, 0.2) is 22.8 Å².